The Bertz CT molecular complexity index is 263. The molecule has 3 nitrogen and oxygen atoms in total. The summed E-state index contributed by atoms with van der Waals surface area (Å²) in [6, 6.07) is 0. The van der Waals surface area contributed by atoms with E-state index in [9.17, 15) is 4.79 Å². The summed E-state index contributed by atoms with van der Waals surface area (Å²) < 4.78 is 0. The third kappa shape index (κ3) is 3.48. The van der Waals surface area contributed by atoms with Gasteiger partial charge in [-0.25, -0.2) is 0 Å². The molecule has 1 aliphatic rings. The van der Waals surface area contributed by atoms with Crippen molar-refractivity contribution in [2.45, 2.75) is 58.9 Å². The van der Waals surface area contributed by atoms with E-state index >= 15 is 0 Å². The molecule has 3 heteroatoms. The lowest BCUT2D eigenvalue weighted by atomic mass is 9.63. The first-order valence-electron chi connectivity index (χ1n) is 6.25. The molecule has 94 valence electrons. The second-order valence-corrected chi connectivity index (χ2v) is 6.24. The van der Waals surface area contributed by atoms with Gasteiger partial charge in [0.1, 0.15) is 0 Å². The van der Waals surface area contributed by atoms with E-state index in [1.165, 1.54) is 6.42 Å². The maximum Gasteiger partial charge on any atom is 0.305 e. The molecule has 1 saturated carbocycles. The molecule has 0 saturated heterocycles. The van der Waals surface area contributed by atoms with Crippen molar-refractivity contribution in [3.05, 3.63) is 0 Å². The number of carboxylic acids is 1. The minimum atomic E-state index is -0.689. The number of aliphatic carboxylic acids is 1. The van der Waals surface area contributed by atoms with Gasteiger partial charge in [-0.2, -0.15) is 0 Å². The van der Waals surface area contributed by atoms with Crippen molar-refractivity contribution in [2.75, 3.05) is 6.54 Å². The topological polar surface area (TPSA) is 49.3 Å². The zero-order valence-corrected chi connectivity index (χ0v) is 11.0. The summed E-state index contributed by atoms with van der Waals surface area (Å²) in [6.45, 7) is 9.62. The molecule has 0 amide bonds. The molecule has 0 aromatic carbocycles. The monoisotopic (exact) mass is 227 g/mol. The average molecular weight is 227 g/mol. The maximum atomic E-state index is 11.0. The number of hydrogen-bond acceptors (Lipinski definition) is 2. The normalized spacial score (nSPS) is 33.6. The van der Waals surface area contributed by atoms with Crippen LogP contribution in [0, 0.1) is 11.3 Å². The highest BCUT2D eigenvalue weighted by molar-refractivity contribution is 5.68. The number of carbonyl (C=O) groups is 1. The minimum absolute atomic E-state index is 0.193. The largest absolute Gasteiger partial charge is 0.481 e. The summed E-state index contributed by atoms with van der Waals surface area (Å²) in [5, 5.41) is 12.5. The van der Waals surface area contributed by atoms with Gasteiger partial charge in [-0.15, -0.1) is 0 Å². The highest BCUT2D eigenvalue weighted by Crippen LogP contribution is 2.45. The summed E-state index contributed by atoms with van der Waals surface area (Å²) in [5.74, 6) is -0.0898. The van der Waals surface area contributed by atoms with E-state index in [1.807, 2.05) is 0 Å². The Labute approximate surface area is 98.6 Å². The number of nitrogens with one attached hydrogen (secondary N) is 1. The second kappa shape index (κ2) is 4.74. The molecule has 0 aromatic rings. The summed E-state index contributed by atoms with van der Waals surface area (Å²) >= 11 is 0. The lowest BCUT2D eigenvalue weighted by Gasteiger charge is -2.47. The number of carboxylic acid groups (broad SMARTS) is 1. The Kier molecular flexibility index (Phi) is 4.00. The van der Waals surface area contributed by atoms with Crippen LogP contribution in [0.25, 0.3) is 0 Å². The van der Waals surface area contributed by atoms with Gasteiger partial charge in [0.2, 0.25) is 0 Å². The second-order valence-electron chi connectivity index (χ2n) is 6.24. The quantitative estimate of drug-likeness (QED) is 0.776. The summed E-state index contributed by atoms with van der Waals surface area (Å²) in [7, 11) is 0. The molecule has 2 unspecified atom stereocenters. The summed E-state index contributed by atoms with van der Waals surface area (Å²) in [4.78, 5) is 11.0. The molecule has 1 fully saturated rings. The standard InChI is InChI=1S/C13H25NO2/c1-5-14-13(8-11(15)16)7-10(2)6-12(3,4)9-13/h10,14H,5-9H2,1-4H3,(H,15,16). The Balaban J connectivity index is 2.86. The van der Waals surface area contributed by atoms with Gasteiger partial charge >= 0.3 is 5.97 Å². The predicted octanol–water partition coefficient (Wildman–Crippen LogP) is 2.66. The van der Waals surface area contributed by atoms with Gasteiger partial charge in [0.15, 0.2) is 0 Å². The summed E-state index contributed by atoms with van der Waals surface area (Å²) in [6.07, 6.45) is 3.38. The number of rotatable bonds is 4. The summed E-state index contributed by atoms with van der Waals surface area (Å²) in [5.41, 5.74) is 0.0526. The van der Waals surface area contributed by atoms with Gasteiger partial charge in [-0.1, -0.05) is 27.7 Å². The van der Waals surface area contributed by atoms with Gasteiger partial charge in [0, 0.05) is 5.54 Å². The van der Waals surface area contributed by atoms with E-state index in [-0.39, 0.29) is 17.4 Å². The van der Waals surface area contributed by atoms with Crippen LogP contribution in [-0.4, -0.2) is 23.2 Å². The van der Waals surface area contributed by atoms with Crippen LogP contribution in [-0.2, 0) is 4.79 Å². The Morgan fingerprint density at radius 3 is 2.50 bits per heavy atom. The first kappa shape index (κ1) is 13.5. The molecule has 2 atom stereocenters. The molecule has 0 bridgehead atoms. The van der Waals surface area contributed by atoms with Crippen LogP contribution in [0.4, 0.5) is 0 Å². The molecule has 0 radical (unpaired) electrons. The smallest absolute Gasteiger partial charge is 0.305 e. The molecular weight excluding hydrogens is 202 g/mol. The molecule has 0 aromatic heterocycles. The predicted molar refractivity (Wildman–Crippen MR) is 65.5 cm³/mol. The van der Waals surface area contributed by atoms with Crippen molar-refractivity contribution >= 4 is 5.97 Å². The van der Waals surface area contributed by atoms with Gasteiger partial charge in [0.25, 0.3) is 0 Å². The fraction of sp³-hybridized carbons (Fsp3) is 0.923. The molecule has 0 spiro atoms. The Hall–Kier alpha value is -0.570. The van der Waals surface area contributed by atoms with Gasteiger partial charge < -0.3 is 10.4 Å². The van der Waals surface area contributed by atoms with Crippen LogP contribution in [0.15, 0.2) is 0 Å². The number of hydrogen-bond donors (Lipinski definition) is 2. The van der Waals surface area contributed by atoms with Gasteiger partial charge in [-0.05, 0) is 37.1 Å². The van der Waals surface area contributed by atoms with Crippen LogP contribution in [0.5, 0.6) is 0 Å². The Morgan fingerprint density at radius 1 is 1.44 bits per heavy atom. The molecule has 2 N–H and O–H groups in total. The lowest BCUT2D eigenvalue weighted by molar-refractivity contribution is -0.139. The van der Waals surface area contributed by atoms with Crippen LogP contribution in [0.1, 0.15) is 53.4 Å². The fourth-order valence-electron chi connectivity index (χ4n) is 3.74. The maximum absolute atomic E-state index is 11.0. The zero-order valence-electron chi connectivity index (χ0n) is 11.0. The van der Waals surface area contributed by atoms with Crippen molar-refractivity contribution in [3.63, 3.8) is 0 Å². The third-order valence-corrected chi connectivity index (χ3v) is 3.50. The zero-order chi connectivity index (χ0) is 12.4. The molecular formula is C13H25NO2. The fourth-order valence-corrected chi connectivity index (χ4v) is 3.74. The van der Waals surface area contributed by atoms with Crippen LogP contribution >= 0.6 is 0 Å². The molecule has 1 rings (SSSR count). The van der Waals surface area contributed by atoms with Gasteiger partial charge in [-0.3, -0.25) is 4.79 Å². The molecule has 0 heterocycles. The minimum Gasteiger partial charge on any atom is -0.481 e. The van der Waals surface area contributed by atoms with Crippen LogP contribution < -0.4 is 5.32 Å². The van der Waals surface area contributed by atoms with Crippen molar-refractivity contribution in [1.82, 2.24) is 5.32 Å². The third-order valence-electron chi connectivity index (χ3n) is 3.50. The van der Waals surface area contributed by atoms with E-state index in [1.54, 1.807) is 0 Å². The van der Waals surface area contributed by atoms with E-state index in [0.717, 1.165) is 19.4 Å². The van der Waals surface area contributed by atoms with Crippen LogP contribution in [0.3, 0.4) is 0 Å². The van der Waals surface area contributed by atoms with Crippen molar-refractivity contribution in [2.24, 2.45) is 11.3 Å². The lowest BCUT2D eigenvalue weighted by Crippen LogP contribution is -2.53. The Morgan fingerprint density at radius 2 is 2.06 bits per heavy atom. The van der Waals surface area contributed by atoms with Crippen molar-refractivity contribution in [3.8, 4) is 0 Å². The first-order chi connectivity index (χ1) is 7.29. The van der Waals surface area contributed by atoms with Crippen molar-refractivity contribution in [1.29, 1.82) is 0 Å². The average Bonchev–Trinajstić information content (AvgIpc) is 1.96. The molecule has 16 heavy (non-hydrogen) atoms. The highest BCUT2D eigenvalue weighted by atomic mass is 16.4. The molecule has 0 aliphatic heterocycles. The van der Waals surface area contributed by atoms with Crippen molar-refractivity contribution < 1.29 is 9.90 Å². The van der Waals surface area contributed by atoms with Gasteiger partial charge in [0.05, 0.1) is 6.42 Å². The van der Waals surface area contributed by atoms with E-state index in [2.05, 4.69) is 33.0 Å². The van der Waals surface area contributed by atoms with Crippen LogP contribution in [0.2, 0.25) is 0 Å². The van der Waals surface area contributed by atoms with E-state index in [4.69, 9.17) is 5.11 Å². The van der Waals surface area contributed by atoms with E-state index < -0.39 is 5.97 Å². The molecule has 1 aliphatic carbocycles. The highest BCUT2D eigenvalue weighted by Gasteiger charge is 2.43. The SMILES string of the molecule is CCNC1(CC(=O)O)CC(C)CC(C)(C)C1. The first-order valence-corrected chi connectivity index (χ1v) is 6.25. The van der Waals surface area contributed by atoms with E-state index in [0.29, 0.717) is 5.92 Å².